The summed E-state index contributed by atoms with van der Waals surface area (Å²) in [5.74, 6) is -0.0632. The number of hydrogen-bond donors (Lipinski definition) is 2. The maximum atomic E-state index is 11.1. The Bertz CT molecular complexity index is 496. The van der Waals surface area contributed by atoms with E-state index < -0.39 is 0 Å². The highest BCUT2D eigenvalue weighted by molar-refractivity contribution is 7.13. The molecular formula is C12H13N3OS. The lowest BCUT2D eigenvalue weighted by Crippen LogP contribution is -2.09. The van der Waals surface area contributed by atoms with Crippen molar-refractivity contribution in [2.24, 2.45) is 0 Å². The van der Waals surface area contributed by atoms with Gasteiger partial charge in [0.15, 0.2) is 5.13 Å². The highest BCUT2D eigenvalue weighted by Crippen LogP contribution is 2.18. The van der Waals surface area contributed by atoms with Gasteiger partial charge < -0.3 is 10.6 Å². The highest BCUT2D eigenvalue weighted by atomic mass is 32.1. The van der Waals surface area contributed by atoms with Gasteiger partial charge in [-0.05, 0) is 11.6 Å². The molecule has 0 atom stereocenters. The summed E-state index contributed by atoms with van der Waals surface area (Å²) in [6.45, 7) is 2.15. The van der Waals surface area contributed by atoms with Crippen LogP contribution in [0.3, 0.4) is 0 Å². The Morgan fingerprint density at radius 2 is 2.24 bits per heavy atom. The van der Waals surface area contributed by atoms with Crippen molar-refractivity contribution in [1.82, 2.24) is 4.98 Å². The zero-order valence-corrected chi connectivity index (χ0v) is 10.3. The molecule has 0 radical (unpaired) electrons. The number of aromatic nitrogens is 1. The first-order valence-corrected chi connectivity index (χ1v) is 6.12. The average Bonchev–Trinajstić information content (AvgIpc) is 2.80. The van der Waals surface area contributed by atoms with E-state index in [9.17, 15) is 4.79 Å². The Labute approximate surface area is 104 Å². The van der Waals surface area contributed by atoms with E-state index in [0.717, 1.165) is 16.4 Å². The molecule has 88 valence electrons. The standard InChI is InChI=1S/C12H13N3OS/c1-9(16)15-11-5-3-2-4-10(11)8-14-12-13-6-7-17-12/h2-7H,8H2,1H3,(H,13,14)(H,15,16). The normalized spacial score (nSPS) is 9.94. The number of nitrogens with one attached hydrogen (secondary N) is 2. The first-order chi connectivity index (χ1) is 8.25. The smallest absolute Gasteiger partial charge is 0.221 e. The topological polar surface area (TPSA) is 54.0 Å². The van der Waals surface area contributed by atoms with E-state index in [2.05, 4.69) is 15.6 Å². The summed E-state index contributed by atoms with van der Waals surface area (Å²) in [6, 6.07) is 7.72. The number of thiazole rings is 1. The fourth-order valence-electron chi connectivity index (χ4n) is 1.47. The number of anilines is 2. The van der Waals surface area contributed by atoms with Crippen LogP contribution in [-0.4, -0.2) is 10.9 Å². The van der Waals surface area contributed by atoms with Crippen LogP contribution in [0.4, 0.5) is 10.8 Å². The number of carbonyl (C=O) groups excluding carboxylic acids is 1. The molecule has 0 aliphatic heterocycles. The zero-order valence-electron chi connectivity index (χ0n) is 9.43. The van der Waals surface area contributed by atoms with Gasteiger partial charge in [0.2, 0.25) is 5.91 Å². The van der Waals surface area contributed by atoms with Gasteiger partial charge in [-0.15, -0.1) is 11.3 Å². The van der Waals surface area contributed by atoms with Gasteiger partial charge >= 0.3 is 0 Å². The number of rotatable bonds is 4. The number of para-hydroxylation sites is 1. The molecular weight excluding hydrogens is 234 g/mol. The molecule has 1 amide bonds. The van der Waals surface area contributed by atoms with E-state index in [4.69, 9.17) is 0 Å². The third-order valence-corrected chi connectivity index (χ3v) is 2.92. The molecule has 1 aromatic heterocycles. The van der Waals surface area contributed by atoms with Crippen LogP contribution < -0.4 is 10.6 Å². The molecule has 1 heterocycles. The summed E-state index contributed by atoms with van der Waals surface area (Å²) in [6.07, 6.45) is 1.76. The average molecular weight is 247 g/mol. The number of carbonyl (C=O) groups is 1. The lowest BCUT2D eigenvalue weighted by atomic mass is 10.2. The Hall–Kier alpha value is -1.88. The largest absolute Gasteiger partial charge is 0.357 e. The molecule has 0 saturated heterocycles. The SMILES string of the molecule is CC(=O)Nc1ccccc1CNc1nccs1. The van der Waals surface area contributed by atoms with E-state index in [1.807, 2.05) is 29.6 Å². The van der Waals surface area contributed by atoms with E-state index in [-0.39, 0.29) is 5.91 Å². The second kappa shape index (κ2) is 5.45. The summed E-state index contributed by atoms with van der Waals surface area (Å²) >= 11 is 1.55. The number of nitrogens with zero attached hydrogens (tertiary/aromatic N) is 1. The van der Waals surface area contributed by atoms with Crippen LogP contribution in [0.5, 0.6) is 0 Å². The second-order valence-electron chi connectivity index (χ2n) is 3.53. The predicted molar refractivity (Wildman–Crippen MR) is 70.2 cm³/mol. The van der Waals surface area contributed by atoms with E-state index in [1.165, 1.54) is 6.92 Å². The van der Waals surface area contributed by atoms with Crippen molar-refractivity contribution in [2.75, 3.05) is 10.6 Å². The Kier molecular flexibility index (Phi) is 3.72. The van der Waals surface area contributed by atoms with Gasteiger partial charge in [-0.1, -0.05) is 18.2 Å². The van der Waals surface area contributed by atoms with Crippen molar-refractivity contribution in [3.8, 4) is 0 Å². The second-order valence-corrected chi connectivity index (χ2v) is 4.42. The molecule has 0 aliphatic carbocycles. The molecule has 0 unspecified atom stereocenters. The first-order valence-electron chi connectivity index (χ1n) is 5.24. The lowest BCUT2D eigenvalue weighted by Gasteiger charge is -2.09. The summed E-state index contributed by atoms with van der Waals surface area (Å²) in [4.78, 5) is 15.2. The van der Waals surface area contributed by atoms with E-state index >= 15 is 0 Å². The van der Waals surface area contributed by atoms with Crippen LogP contribution in [-0.2, 0) is 11.3 Å². The summed E-state index contributed by atoms with van der Waals surface area (Å²) < 4.78 is 0. The molecule has 2 N–H and O–H groups in total. The van der Waals surface area contributed by atoms with E-state index in [1.54, 1.807) is 17.5 Å². The van der Waals surface area contributed by atoms with Crippen LogP contribution >= 0.6 is 11.3 Å². The van der Waals surface area contributed by atoms with Crippen LogP contribution in [0.15, 0.2) is 35.8 Å². The third kappa shape index (κ3) is 3.29. The molecule has 2 aromatic rings. The number of amides is 1. The molecule has 0 fully saturated rings. The van der Waals surface area contributed by atoms with Crippen molar-refractivity contribution in [1.29, 1.82) is 0 Å². The highest BCUT2D eigenvalue weighted by Gasteiger charge is 2.03. The number of hydrogen-bond acceptors (Lipinski definition) is 4. The summed E-state index contributed by atoms with van der Waals surface area (Å²) in [5, 5.41) is 8.81. The predicted octanol–water partition coefficient (Wildman–Crippen LogP) is 2.71. The van der Waals surface area contributed by atoms with Crippen LogP contribution in [0.1, 0.15) is 12.5 Å². The van der Waals surface area contributed by atoms with E-state index in [0.29, 0.717) is 6.54 Å². The van der Waals surface area contributed by atoms with Crippen LogP contribution in [0, 0.1) is 0 Å². The maximum absolute atomic E-state index is 11.1. The van der Waals surface area contributed by atoms with Gasteiger partial charge in [-0.2, -0.15) is 0 Å². The van der Waals surface area contributed by atoms with Gasteiger partial charge in [0, 0.05) is 30.7 Å². The molecule has 0 aliphatic rings. The van der Waals surface area contributed by atoms with Crippen molar-refractivity contribution in [3.05, 3.63) is 41.4 Å². The summed E-state index contributed by atoms with van der Waals surface area (Å²) in [5.41, 5.74) is 1.88. The number of benzene rings is 1. The minimum absolute atomic E-state index is 0.0632. The van der Waals surface area contributed by atoms with Gasteiger partial charge in [0.1, 0.15) is 0 Å². The minimum atomic E-state index is -0.0632. The monoisotopic (exact) mass is 247 g/mol. The summed E-state index contributed by atoms with van der Waals surface area (Å²) in [7, 11) is 0. The van der Waals surface area contributed by atoms with Crippen LogP contribution in [0.25, 0.3) is 0 Å². The van der Waals surface area contributed by atoms with Crippen molar-refractivity contribution in [2.45, 2.75) is 13.5 Å². The Balaban J connectivity index is 2.06. The van der Waals surface area contributed by atoms with Crippen molar-refractivity contribution in [3.63, 3.8) is 0 Å². The van der Waals surface area contributed by atoms with Crippen molar-refractivity contribution >= 4 is 28.1 Å². The molecule has 2 rings (SSSR count). The fourth-order valence-corrected chi connectivity index (χ4v) is 2.00. The molecule has 0 spiro atoms. The molecule has 1 aromatic carbocycles. The molecule has 0 bridgehead atoms. The molecule has 17 heavy (non-hydrogen) atoms. The molecule has 4 nitrogen and oxygen atoms in total. The Morgan fingerprint density at radius 3 is 2.94 bits per heavy atom. The third-order valence-electron chi connectivity index (χ3n) is 2.19. The van der Waals surface area contributed by atoms with Crippen LogP contribution in [0.2, 0.25) is 0 Å². The van der Waals surface area contributed by atoms with Gasteiger partial charge in [-0.3, -0.25) is 4.79 Å². The fraction of sp³-hybridized carbons (Fsp3) is 0.167. The van der Waals surface area contributed by atoms with Gasteiger partial charge in [-0.25, -0.2) is 4.98 Å². The van der Waals surface area contributed by atoms with Gasteiger partial charge in [0.05, 0.1) is 0 Å². The van der Waals surface area contributed by atoms with Gasteiger partial charge in [0.25, 0.3) is 0 Å². The Morgan fingerprint density at radius 1 is 1.41 bits per heavy atom. The zero-order chi connectivity index (χ0) is 12.1. The quantitative estimate of drug-likeness (QED) is 0.873. The first kappa shape index (κ1) is 11.6. The van der Waals surface area contributed by atoms with Crippen molar-refractivity contribution < 1.29 is 4.79 Å². The minimum Gasteiger partial charge on any atom is -0.357 e. The molecule has 0 saturated carbocycles. The lowest BCUT2D eigenvalue weighted by molar-refractivity contribution is -0.114. The molecule has 5 heteroatoms. The maximum Gasteiger partial charge on any atom is 0.221 e.